The Balaban J connectivity index is 2.63. The third-order valence-electron chi connectivity index (χ3n) is 5.27. The third-order valence-corrected chi connectivity index (χ3v) is 7.03. The second-order valence-electron chi connectivity index (χ2n) is 7.67. The molecule has 9 nitrogen and oxygen atoms in total. The first-order valence-electron chi connectivity index (χ1n) is 10.3. The van der Waals surface area contributed by atoms with Crippen LogP contribution < -0.4 is 28.6 Å². The average molecular weight is 481 g/mol. The minimum absolute atomic E-state index is 0.0743. The average Bonchev–Trinajstić information content (AvgIpc) is 2.81. The molecule has 0 heterocycles. The number of sulfonamides is 1. The molecule has 0 aliphatic rings. The molecule has 1 N–H and O–H groups in total. The van der Waals surface area contributed by atoms with Crippen LogP contribution in [0.4, 0.5) is 5.69 Å². The van der Waals surface area contributed by atoms with Gasteiger partial charge in [0.15, 0.2) is 11.5 Å². The van der Waals surface area contributed by atoms with Gasteiger partial charge in [-0.05, 0) is 37.1 Å². The predicted molar refractivity (Wildman–Crippen MR) is 126 cm³/mol. The molecule has 0 spiro atoms. The highest BCUT2D eigenvalue weighted by Crippen LogP contribution is 2.37. The molecule has 0 bridgehead atoms. The quantitative estimate of drug-likeness (QED) is 0.527. The fourth-order valence-electron chi connectivity index (χ4n) is 2.99. The standard InChI is InChI=1S/C23H32N2O7S/c1-15(2)16(3)24-23(26)14-25(19-12-17(29-4)8-10-20(19)30-5)33(27,28)18-9-11-21(31-6)22(13-18)32-7/h8-13,15-16H,14H2,1-7H3,(H,24,26)/t16-/m1/s1. The Labute approximate surface area is 195 Å². The van der Waals surface area contributed by atoms with Crippen molar-refractivity contribution in [3.8, 4) is 23.0 Å². The van der Waals surface area contributed by atoms with Crippen molar-refractivity contribution in [2.75, 3.05) is 39.3 Å². The molecule has 0 saturated carbocycles. The second kappa shape index (κ2) is 11.1. The molecule has 2 rings (SSSR count). The van der Waals surface area contributed by atoms with Crippen LogP contribution in [-0.4, -0.2) is 55.4 Å². The van der Waals surface area contributed by atoms with E-state index in [1.54, 1.807) is 12.1 Å². The predicted octanol–water partition coefficient (Wildman–Crippen LogP) is 3.08. The van der Waals surface area contributed by atoms with Gasteiger partial charge in [-0.3, -0.25) is 9.10 Å². The van der Waals surface area contributed by atoms with Gasteiger partial charge in [0.25, 0.3) is 10.0 Å². The number of hydrogen-bond donors (Lipinski definition) is 1. The van der Waals surface area contributed by atoms with Gasteiger partial charge >= 0.3 is 0 Å². The largest absolute Gasteiger partial charge is 0.497 e. The summed E-state index contributed by atoms with van der Waals surface area (Å²) in [7, 11) is 1.55. The van der Waals surface area contributed by atoms with E-state index in [2.05, 4.69) is 5.32 Å². The van der Waals surface area contributed by atoms with Crippen molar-refractivity contribution in [2.24, 2.45) is 5.92 Å². The number of carbonyl (C=O) groups is 1. The zero-order chi connectivity index (χ0) is 24.8. The van der Waals surface area contributed by atoms with Crippen LogP contribution in [0.2, 0.25) is 0 Å². The first-order chi connectivity index (χ1) is 15.6. The Morgan fingerprint density at radius 3 is 2.03 bits per heavy atom. The number of ether oxygens (including phenoxy) is 4. The van der Waals surface area contributed by atoms with Crippen molar-refractivity contribution in [2.45, 2.75) is 31.7 Å². The van der Waals surface area contributed by atoms with E-state index in [4.69, 9.17) is 18.9 Å². The topological polar surface area (TPSA) is 103 Å². The maximum Gasteiger partial charge on any atom is 0.265 e. The monoisotopic (exact) mass is 480 g/mol. The summed E-state index contributed by atoms with van der Waals surface area (Å²) in [5.41, 5.74) is 0.166. The highest BCUT2D eigenvalue weighted by Gasteiger charge is 2.31. The number of rotatable bonds is 11. The maximum absolute atomic E-state index is 13.8. The fraction of sp³-hybridized carbons (Fsp3) is 0.435. The number of methoxy groups -OCH3 is 4. The van der Waals surface area contributed by atoms with Crippen molar-refractivity contribution in [1.82, 2.24) is 5.32 Å². The summed E-state index contributed by atoms with van der Waals surface area (Å²) in [4.78, 5) is 12.8. The molecule has 0 saturated heterocycles. The molecule has 0 unspecified atom stereocenters. The van der Waals surface area contributed by atoms with Crippen LogP contribution in [0.1, 0.15) is 20.8 Å². The first-order valence-corrected chi connectivity index (χ1v) is 11.8. The Morgan fingerprint density at radius 1 is 0.879 bits per heavy atom. The molecule has 0 aliphatic heterocycles. The van der Waals surface area contributed by atoms with Gasteiger partial charge in [0.1, 0.15) is 18.0 Å². The van der Waals surface area contributed by atoms with Crippen LogP contribution in [0.3, 0.4) is 0 Å². The van der Waals surface area contributed by atoms with E-state index >= 15 is 0 Å². The van der Waals surface area contributed by atoms with E-state index in [-0.39, 0.29) is 34.0 Å². The van der Waals surface area contributed by atoms with Gasteiger partial charge in [0.2, 0.25) is 5.91 Å². The van der Waals surface area contributed by atoms with Crippen molar-refractivity contribution in [3.63, 3.8) is 0 Å². The van der Waals surface area contributed by atoms with Crippen molar-refractivity contribution in [1.29, 1.82) is 0 Å². The summed E-state index contributed by atoms with van der Waals surface area (Å²) in [5.74, 6) is 1.03. The number of anilines is 1. The van der Waals surface area contributed by atoms with Crippen molar-refractivity contribution >= 4 is 21.6 Å². The molecule has 33 heavy (non-hydrogen) atoms. The van der Waals surface area contributed by atoms with Crippen LogP contribution in [0.15, 0.2) is 41.3 Å². The van der Waals surface area contributed by atoms with E-state index in [0.29, 0.717) is 11.5 Å². The van der Waals surface area contributed by atoms with Gasteiger partial charge in [-0.2, -0.15) is 0 Å². The molecule has 10 heteroatoms. The lowest BCUT2D eigenvalue weighted by Crippen LogP contribution is -2.45. The van der Waals surface area contributed by atoms with Crippen LogP contribution in [0.5, 0.6) is 23.0 Å². The summed E-state index contributed by atoms with van der Waals surface area (Å²) in [6.45, 7) is 5.33. The zero-order valence-electron chi connectivity index (χ0n) is 20.0. The van der Waals surface area contributed by atoms with Gasteiger partial charge in [0.05, 0.1) is 39.0 Å². The van der Waals surface area contributed by atoms with Crippen molar-refractivity contribution in [3.05, 3.63) is 36.4 Å². The minimum atomic E-state index is -4.22. The Bertz CT molecular complexity index is 1070. The Kier molecular flexibility index (Phi) is 8.81. The molecule has 0 radical (unpaired) electrons. The van der Waals surface area contributed by atoms with E-state index in [1.807, 2.05) is 20.8 Å². The summed E-state index contributed by atoms with van der Waals surface area (Å²) in [6, 6.07) is 8.83. The van der Waals surface area contributed by atoms with E-state index in [1.165, 1.54) is 52.7 Å². The first kappa shape index (κ1) is 26.1. The molecule has 182 valence electrons. The van der Waals surface area contributed by atoms with Gasteiger partial charge in [-0.15, -0.1) is 0 Å². The van der Waals surface area contributed by atoms with Gasteiger partial charge in [-0.25, -0.2) is 8.42 Å². The summed E-state index contributed by atoms with van der Waals surface area (Å²) in [5, 5.41) is 2.85. The zero-order valence-corrected chi connectivity index (χ0v) is 20.9. The number of carbonyl (C=O) groups excluding carboxylic acids is 1. The smallest absolute Gasteiger partial charge is 0.265 e. The number of hydrogen-bond acceptors (Lipinski definition) is 7. The maximum atomic E-state index is 13.8. The number of benzene rings is 2. The van der Waals surface area contributed by atoms with Crippen LogP contribution in [0, 0.1) is 5.92 Å². The highest BCUT2D eigenvalue weighted by atomic mass is 32.2. The van der Waals surface area contributed by atoms with Crippen molar-refractivity contribution < 1.29 is 32.2 Å². The Morgan fingerprint density at radius 2 is 1.48 bits per heavy atom. The highest BCUT2D eigenvalue weighted by molar-refractivity contribution is 7.92. The lowest BCUT2D eigenvalue weighted by molar-refractivity contribution is -0.120. The van der Waals surface area contributed by atoms with Gasteiger partial charge in [0, 0.05) is 18.2 Å². The van der Waals surface area contributed by atoms with E-state index < -0.39 is 22.5 Å². The molecule has 0 aliphatic carbocycles. The molecule has 2 aromatic rings. The lowest BCUT2D eigenvalue weighted by Gasteiger charge is -2.27. The van der Waals surface area contributed by atoms with Gasteiger partial charge < -0.3 is 24.3 Å². The summed E-state index contributed by atoms with van der Waals surface area (Å²) in [6.07, 6.45) is 0. The molecule has 0 aromatic heterocycles. The second-order valence-corrected chi connectivity index (χ2v) is 9.53. The fourth-order valence-corrected chi connectivity index (χ4v) is 4.43. The lowest BCUT2D eigenvalue weighted by atomic mass is 10.1. The van der Waals surface area contributed by atoms with E-state index in [0.717, 1.165) is 4.31 Å². The molecule has 0 fully saturated rings. The molecular formula is C23H32N2O7S. The van der Waals surface area contributed by atoms with E-state index in [9.17, 15) is 13.2 Å². The minimum Gasteiger partial charge on any atom is -0.497 e. The number of nitrogens with zero attached hydrogens (tertiary/aromatic N) is 1. The molecule has 2 aromatic carbocycles. The Hall–Kier alpha value is -3.14. The SMILES string of the molecule is COc1ccc(OC)c(N(CC(=O)N[C@H](C)C(C)C)S(=O)(=O)c2ccc(OC)c(OC)c2)c1. The normalized spacial score (nSPS) is 12.1. The van der Waals surface area contributed by atoms with Crippen LogP contribution in [0.25, 0.3) is 0 Å². The third kappa shape index (κ3) is 6.01. The van der Waals surface area contributed by atoms with Gasteiger partial charge in [-0.1, -0.05) is 13.8 Å². The molecule has 1 amide bonds. The summed E-state index contributed by atoms with van der Waals surface area (Å²) < 4.78 is 49.7. The number of nitrogens with one attached hydrogen (secondary N) is 1. The molecular weight excluding hydrogens is 448 g/mol. The summed E-state index contributed by atoms with van der Waals surface area (Å²) >= 11 is 0. The van der Waals surface area contributed by atoms with Crippen LogP contribution >= 0.6 is 0 Å². The van der Waals surface area contributed by atoms with Crippen LogP contribution in [-0.2, 0) is 14.8 Å². The number of amides is 1. The molecule has 1 atom stereocenters.